The number of nitrogens with one attached hydrogen (secondary N) is 1. The Kier molecular flexibility index (Phi) is 6.70. The lowest BCUT2D eigenvalue weighted by molar-refractivity contribution is 0.205. The van der Waals surface area contributed by atoms with E-state index in [0.29, 0.717) is 19.7 Å². The topological polar surface area (TPSA) is 111 Å². The predicted octanol–water partition coefficient (Wildman–Crippen LogP) is 2.01. The number of benzene rings is 2. The van der Waals surface area contributed by atoms with Crippen LogP contribution in [0.25, 0.3) is 5.69 Å². The number of ether oxygens (including phenoxy) is 1. The van der Waals surface area contributed by atoms with E-state index in [1.54, 1.807) is 18.0 Å². The van der Waals surface area contributed by atoms with Gasteiger partial charge in [0, 0.05) is 32.6 Å². The summed E-state index contributed by atoms with van der Waals surface area (Å²) in [4.78, 5) is 29.6. The van der Waals surface area contributed by atoms with Gasteiger partial charge in [-0.05, 0) is 29.3 Å². The van der Waals surface area contributed by atoms with Gasteiger partial charge in [0.25, 0.3) is 5.56 Å². The molecule has 0 atom stereocenters. The van der Waals surface area contributed by atoms with Gasteiger partial charge in [0.2, 0.25) is 0 Å². The Bertz CT molecular complexity index is 1300. The Morgan fingerprint density at radius 2 is 1.79 bits per heavy atom. The van der Waals surface area contributed by atoms with E-state index in [-0.39, 0.29) is 18.1 Å². The summed E-state index contributed by atoms with van der Waals surface area (Å²) in [6.07, 6.45) is 3.59. The lowest BCUT2D eigenvalue weighted by atomic mass is 10.2. The van der Waals surface area contributed by atoms with Gasteiger partial charge in [-0.25, -0.2) is 9.48 Å². The molecule has 0 radical (unpaired) electrons. The van der Waals surface area contributed by atoms with Crippen LogP contribution in [-0.2, 0) is 17.8 Å². The number of hydrogen-bond donors (Lipinski definition) is 2. The molecule has 2 aromatic heterocycles. The molecule has 0 unspecified atom stereocenters. The van der Waals surface area contributed by atoms with Crippen LogP contribution in [0.2, 0.25) is 0 Å². The molecule has 4 rings (SSSR count). The van der Waals surface area contributed by atoms with Crippen molar-refractivity contribution in [2.24, 2.45) is 0 Å². The highest BCUT2D eigenvalue weighted by molar-refractivity contribution is 5.63. The number of rotatable bonds is 9. The molecule has 33 heavy (non-hydrogen) atoms. The summed E-state index contributed by atoms with van der Waals surface area (Å²) in [5, 5.41) is 4.24. The SMILES string of the molecule is COCCN(Cc1ccc(-n2cccn2)cc1)c1c(N)n(Cc2ccccc2)c(=O)[nH]c1=O. The minimum Gasteiger partial charge on any atom is -0.383 e. The van der Waals surface area contributed by atoms with Crippen LogP contribution in [0.4, 0.5) is 11.5 Å². The first-order chi connectivity index (χ1) is 16.1. The molecule has 9 nitrogen and oxygen atoms in total. The van der Waals surface area contributed by atoms with E-state index >= 15 is 0 Å². The summed E-state index contributed by atoms with van der Waals surface area (Å²) >= 11 is 0. The number of H-pyrrole nitrogens is 1. The maximum atomic E-state index is 12.8. The fraction of sp³-hybridized carbons (Fsp3) is 0.208. The standard InChI is InChI=1S/C24H26N6O3/c1-33-15-14-28(16-19-8-10-20(11-9-19)30-13-5-12-26-30)21-22(25)29(24(32)27-23(21)31)17-18-6-3-2-4-7-18/h2-13H,14-17,25H2,1H3,(H,27,31,32). The zero-order valence-electron chi connectivity index (χ0n) is 18.3. The highest BCUT2D eigenvalue weighted by Gasteiger charge is 2.19. The molecule has 0 saturated carbocycles. The van der Waals surface area contributed by atoms with Crippen LogP contribution in [0.5, 0.6) is 0 Å². The first-order valence-corrected chi connectivity index (χ1v) is 10.6. The van der Waals surface area contributed by atoms with E-state index in [9.17, 15) is 9.59 Å². The van der Waals surface area contributed by atoms with E-state index < -0.39 is 11.2 Å². The Hall–Kier alpha value is -4.11. The summed E-state index contributed by atoms with van der Waals surface area (Å²) in [7, 11) is 1.60. The van der Waals surface area contributed by atoms with Gasteiger partial charge in [-0.1, -0.05) is 42.5 Å². The largest absolute Gasteiger partial charge is 0.383 e. The average Bonchev–Trinajstić information content (AvgIpc) is 3.36. The van der Waals surface area contributed by atoms with Crippen molar-refractivity contribution in [1.29, 1.82) is 0 Å². The lowest BCUT2D eigenvalue weighted by Crippen LogP contribution is -2.39. The van der Waals surface area contributed by atoms with Gasteiger partial charge in [-0.3, -0.25) is 14.3 Å². The van der Waals surface area contributed by atoms with Crippen LogP contribution in [-0.4, -0.2) is 39.6 Å². The van der Waals surface area contributed by atoms with Crippen LogP contribution < -0.4 is 21.9 Å². The van der Waals surface area contributed by atoms with Gasteiger partial charge < -0.3 is 15.4 Å². The Balaban J connectivity index is 1.67. The van der Waals surface area contributed by atoms with Crippen LogP contribution in [0.15, 0.2) is 82.6 Å². The fourth-order valence-electron chi connectivity index (χ4n) is 3.67. The quantitative estimate of drug-likeness (QED) is 0.407. The first kappa shape index (κ1) is 22.1. The van der Waals surface area contributed by atoms with Gasteiger partial charge in [-0.15, -0.1) is 0 Å². The van der Waals surface area contributed by atoms with Crippen molar-refractivity contribution in [1.82, 2.24) is 19.3 Å². The van der Waals surface area contributed by atoms with Crippen molar-refractivity contribution in [2.45, 2.75) is 13.1 Å². The van der Waals surface area contributed by atoms with E-state index in [1.807, 2.05) is 71.8 Å². The molecule has 9 heteroatoms. The maximum absolute atomic E-state index is 12.8. The molecule has 2 aromatic carbocycles. The van der Waals surface area contributed by atoms with Crippen LogP contribution >= 0.6 is 0 Å². The molecule has 170 valence electrons. The summed E-state index contributed by atoms with van der Waals surface area (Å²) in [5.74, 6) is 0.122. The molecule has 0 bridgehead atoms. The predicted molar refractivity (Wildman–Crippen MR) is 128 cm³/mol. The molecule has 0 aliphatic carbocycles. The Labute approximate surface area is 190 Å². The van der Waals surface area contributed by atoms with Gasteiger partial charge in [0.15, 0.2) is 0 Å². The highest BCUT2D eigenvalue weighted by atomic mass is 16.5. The van der Waals surface area contributed by atoms with E-state index in [0.717, 1.165) is 16.8 Å². The number of nitrogens with zero attached hydrogens (tertiary/aromatic N) is 4. The van der Waals surface area contributed by atoms with Gasteiger partial charge in [-0.2, -0.15) is 5.10 Å². The van der Waals surface area contributed by atoms with Gasteiger partial charge >= 0.3 is 5.69 Å². The summed E-state index contributed by atoms with van der Waals surface area (Å²) in [5.41, 5.74) is 8.39. The lowest BCUT2D eigenvalue weighted by Gasteiger charge is -2.26. The summed E-state index contributed by atoms with van der Waals surface area (Å²) < 4.78 is 8.41. The molecule has 3 N–H and O–H groups in total. The minimum absolute atomic E-state index is 0.122. The number of hydrogen-bond acceptors (Lipinski definition) is 6. The number of aromatic nitrogens is 4. The third-order valence-electron chi connectivity index (χ3n) is 5.36. The molecular weight excluding hydrogens is 420 g/mol. The average molecular weight is 447 g/mol. The van der Waals surface area contributed by atoms with Crippen molar-refractivity contribution in [3.63, 3.8) is 0 Å². The normalized spacial score (nSPS) is 10.9. The molecule has 0 saturated heterocycles. The van der Waals surface area contributed by atoms with Crippen LogP contribution in [0, 0.1) is 0 Å². The molecular formula is C24H26N6O3. The molecule has 0 spiro atoms. The van der Waals surface area contributed by atoms with Crippen molar-refractivity contribution in [3.8, 4) is 5.69 Å². The third kappa shape index (κ3) is 5.04. The van der Waals surface area contributed by atoms with E-state index in [4.69, 9.17) is 10.5 Å². The second kappa shape index (κ2) is 10.0. The van der Waals surface area contributed by atoms with Crippen molar-refractivity contribution in [3.05, 3.63) is 105 Å². The number of anilines is 2. The van der Waals surface area contributed by atoms with E-state index in [2.05, 4.69) is 10.1 Å². The summed E-state index contributed by atoms with van der Waals surface area (Å²) in [6.45, 7) is 1.49. The number of nitrogen functional groups attached to an aromatic ring is 1. The second-order valence-corrected chi connectivity index (χ2v) is 7.60. The minimum atomic E-state index is -0.541. The maximum Gasteiger partial charge on any atom is 0.330 e. The molecule has 0 fully saturated rings. The molecule has 0 aliphatic heterocycles. The van der Waals surface area contributed by atoms with Crippen LogP contribution in [0.1, 0.15) is 11.1 Å². The molecule has 2 heterocycles. The molecule has 0 amide bonds. The van der Waals surface area contributed by atoms with Crippen molar-refractivity contribution >= 4 is 11.5 Å². The monoisotopic (exact) mass is 446 g/mol. The molecule has 4 aromatic rings. The van der Waals surface area contributed by atoms with Crippen molar-refractivity contribution < 1.29 is 4.74 Å². The Morgan fingerprint density at radius 1 is 1.03 bits per heavy atom. The second-order valence-electron chi connectivity index (χ2n) is 7.60. The first-order valence-electron chi connectivity index (χ1n) is 10.6. The van der Waals surface area contributed by atoms with Crippen LogP contribution in [0.3, 0.4) is 0 Å². The van der Waals surface area contributed by atoms with Gasteiger partial charge in [0.05, 0.1) is 18.8 Å². The highest BCUT2D eigenvalue weighted by Crippen LogP contribution is 2.20. The third-order valence-corrected chi connectivity index (χ3v) is 5.36. The number of methoxy groups -OCH3 is 1. The van der Waals surface area contributed by atoms with Gasteiger partial charge in [0.1, 0.15) is 11.5 Å². The van der Waals surface area contributed by atoms with E-state index in [1.165, 1.54) is 4.57 Å². The zero-order valence-corrected chi connectivity index (χ0v) is 18.3. The fourth-order valence-corrected chi connectivity index (χ4v) is 3.67. The van der Waals surface area contributed by atoms with Crippen molar-refractivity contribution in [2.75, 3.05) is 30.9 Å². The zero-order chi connectivity index (χ0) is 23.2. The Morgan fingerprint density at radius 3 is 2.45 bits per heavy atom. The summed E-state index contributed by atoms with van der Waals surface area (Å²) in [6, 6.07) is 19.2. The molecule has 0 aliphatic rings. The number of nitrogens with two attached hydrogens (primary N) is 1. The number of aromatic amines is 1. The smallest absolute Gasteiger partial charge is 0.330 e.